The summed E-state index contributed by atoms with van der Waals surface area (Å²) in [6.45, 7) is 5.92. The average molecular weight is 362 g/mol. The van der Waals surface area contributed by atoms with E-state index in [0.29, 0.717) is 31.2 Å². The van der Waals surface area contributed by atoms with E-state index < -0.39 is 16.1 Å². The Bertz CT molecular complexity index is 599. The van der Waals surface area contributed by atoms with Gasteiger partial charge in [0.2, 0.25) is 10.0 Å². The summed E-state index contributed by atoms with van der Waals surface area (Å²) in [5.74, 6) is -0.0626. The molecule has 0 amide bonds. The topological polar surface area (TPSA) is 72.9 Å². The maximum absolute atomic E-state index is 12.5. The first-order valence-electron chi connectivity index (χ1n) is 7.71. The fourth-order valence-corrected chi connectivity index (χ4v) is 4.56. The average Bonchev–Trinajstić information content (AvgIpc) is 2.53. The number of piperazine rings is 1. The van der Waals surface area contributed by atoms with Gasteiger partial charge in [-0.3, -0.25) is 0 Å². The molecule has 1 fully saturated rings. The van der Waals surface area contributed by atoms with E-state index in [4.69, 9.17) is 16.8 Å². The van der Waals surface area contributed by atoms with Gasteiger partial charge in [0, 0.05) is 42.9 Å². The number of sulfonamides is 1. The van der Waals surface area contributed by atoms with Crippen LogP contribution in [0.4, 0.5) is 5.69 Å². The lowest BCUT2D eigenvalue weighted by molar-refractivity contribution is 0.113. The van der Waals surface area contributed by atoms with E-state index in [1.165, 1.54) is 4.31 Å². The Labute approximate surface area is 143 Å². The summed E-state index contributed by atoms with van der Waals surface area (Å²) in [6.07, 6.45) is 0. The first-order chi connectivity index (χ1) is 10.8. The highest BCUT2D eigenvalue weighted by atomic mass is 35.5. The van der Waals surface area contributed by atoms with Crippen LogP contribution in [0.1, 0.15) is 13.8 Å². The summed E-state index contributed by atoms with van der Waals surface area (Å²) in [4.78, 5) is 2.15. The van der Waals surface area contributed by atoms with Gasteiger partial charge in [0.1, 0.15) is 0 Å². The zero-order valence-corrected chi connectivity index (χ0v) is 15.0. The van der Waals surface area contributed by atoms with Crippen LogP contribution < -0.4 is 10.4 Å². The molecular weight excluding hydrogens is 338 g/mol. The molecule has 6 nitrogen and oxygen atoms in total. The molecule has 0 bridgehead atoms. The number of halogens is 1. The summed E-state index contributed by atoms with van der Waals surface area (Å²) in [5.41, 5.74) is 3.15. The van der Waals surface area contributed by atoms with Crippen molar-refractivity contribution >= 4 is 27.3 Å². The molecule has 8 heteroatoms. The summed E-state index contributed by atoms with van der Waals surface area (Å²) in [5, 5.41) is 9.81. The van der Waals surface area contributed by atoms with Crippen molar-refractivity contribution in [1.82, 2.24) is 9.79 Å². The van der Waals surface area contributed by atoms with Crippen LogP contribution in [0.3, 0.4) is 0 Å². The molecule has 1 aliphatic heterocycles. The second-order valence-electron chi connectivity index (χ2n) is 6.12. The van der Waals surface area contributed by atoms with Gasteiger partial charge in [-0.1, -0.05) is 25.4 Å². The Kier molecular flexibility index (Phi) is 6.27. The van der Waals surface area contributed by atoms with Gasteiger partial charge in [-0.05, 0) is 30.2 Å². The first kappa shape index (κ1) is 18.5. The van der Waals surface area contributed by atoms with E-state index in [0.717, 1.165) is 5.69 Å². The molecule has 0 saturated carbocycles. The SMILES string of the molecule is CC(C)[C@@H](CS(=O)(=O)N1CCN(c2ccc(Cl)cc2)CC1)NO. The highest BCUT2D eigenvalue weighted by Gasteiger charge is 2.30. The lowest BCUT2D eigenvalue weighted by atomic mass is 10.1. The van der Waals surface area contributed by atoms with Gasteiger partial charge in [-0.15, -0.1) is 0 Å². The van der Waals surface area contributed by atoms with Crippen LogP contribution >= 0.6 is 11.6 Å². The molecule has 1 aromatic rings. The molecule has 0 aromatic heterocycles. The number of hydroxylamine groups is 1. The highest BCUT2D eigenvalue weighted by Crippen LogP contribution is 2.20. The van der Waals surface area contributed by atoms with E-state index in [1.807, 2.05) is 38.1 Å². The zero-order chi connectivity index (χ0) is 17.0. The molecule has 1 aromatic carbocycles. The zero-order valence-electron chi connectivity index (χ0n) is 13.4. The fraction of sp³-hybridized carbons (Fsp3) is 0.600. The fourth-order valence-electron chi connectivity index (χ4n) is 2.59. The van der Waals surface area contributed by atoms with Gasteiger partial charge in [-0.2, -0.15) is 4.31 Å². The monoisotopic (exact) mass is 361 g/mol. The van der Waals surface area contributed by atoms with Crippen molar-refractivity contribution in [1.29, 1.82) is 0 Å². The Morgan fingerprint density at radius 2 is 1.74 bits per heavy atom. The van der Waals surface area contributed by atoms with Gasteiger partial charge in [0.15, 0.2) is 0 Å². The third-order valence-corrected chi connectivity index (χ3v) is 6.37. The Morgan fingerprint density at radius 1 is 1.17 bits per heavy atom. The van der Waals surface area contributed by atoms with E-state index >= 15 is 0 Å². The molecule has 1 aliphatic rings. The number of nitrogens with one attached hydrogen (secondary N) is 1. The van der Waals surface area contributed by atoms with Crippen LogP contribution in [0.2, 0.25) is 5.02 Å². The normalized spacial score (nSPS) is 18.4. The summed E-state index contributed by atoms with van der Waals surface area (Å²) in [7, 11) is -3.39. The molecule has 23 heavy (non-hydrogen) atoms. The van der Waals surface area contributed by atoms with Gasteiger partial charge in [-0.25, -0.2) is 13.9 Å². The summed E-state index contributed by atoms with van der Waals surface area (Å²) >= 11 is 5.89. The predicted octanol–water partition coefficient (Wildman–Crippen LogP) is 1.80. The van der Waals surface area contributed by atoms with Gasteiger partial charge < -0.3 is 10.1 Å². The second kappa shape index (κ2) is 7.81. The lowest BCUT2D eigenvalue weighted by Crippen LogP contribution is -2.51. The predicted molar refractivity (Wildman–Crippen MR) is 92.6 cm³/mol. The van der Waals surface area contributed by atoms with Crippen LogP contribution in [0.25, 0.3) is 0 Å². The smallest absolute Gasteiger partial charge is 0.215 e. The minimum absolute atomic E-state index is 0.0325. The van der Waals surface area contributed by atoms with E-state index in [9.17, 15) is 8.42 Å². The number of hydrogen-bond donors (Lipinski definition) is 2. The van der Waals surface area contributed by atoms with Crippen LogP contribution in [-0.4, -0.2) is 55.9 Å². The largest absolute Gasteiger partial charge is 0.369 e. The Morgan fingerprint density at radius 3 is 2.22 bits per heavy atom. The van der Waals surface area contributed by atoms with Crippen molar-refractivity contribution < 1.29 is 13.6 Å². The maximum Gasteiger partial charge on any atom is 0.215 e. The van der Waals surface area contributed by atoms with Crippen molar-refractivity contribution in [2.75, 3.05) is 36.8 Å². The number of rotatable bonds is 6. The van der Waals surface area contributed by atoms with E-state index in [-0.39, 0.29) is 11.7 Å². The lowest BCUT2D eigenvalue weighted by Gasteiger charge is -2.36. The molecule has 130 valence electrons. The molecule has 1 saturated heterocycles. The molecule has 0 radical (unpaired) electrons. The Hall–Kier alpha value is -0.860. The molecule has 1 heterocycles. The number of benzene rings is 1. The molecule has 0 aliphatic carbocycles. The Balaban J connectivity index is 1.96. The van der Waals surface area contributed by atoms with Crippen LogP contribution in [0.5, 0.6) is 0 Å². The molecular formula is C15H24ClN3O3S. The van der Waals surface area contributed by atoms with Crippen LogP contribution in [-0.2, 0) is 10.0 Å². The molecule has 1 atom stereocenters. The standard InChI is InChI=1S/C15H24ClN3O3S/c1-12(2)15(17-20)11-23(21,22)19-9-7-18(8-10-19)14-5-3-13(16)4-6-14/h3-6,12,15,17,20H,7-11H2,1-2H3/t15-/m1/s1. The van der Waals surface area contributed by atoms with Crippen molar-refractivity contribution in [3.05, 3.63) is 29.3 Å². The minimum atomic E-state index is -3.39. The summed E-state index contributed by atoms with van der Waals surface area (Å²) < 4.78 is 26.5. The molecule has 2 rings (SSSR count). The minimum Gasteiger partial charge on any atom is -0.369 e. The molecule has 0 spiro atoms. The van der Waals surface area contributed by atoms with Gasteiger partial charge in [0.05, 0.1) is 5.75 Å². The second-order valence-corrected chi connectivity index (χ2v) is 8.57. The van der Waals surface area contributed by atoms with E-state index in [2.05, 4.69) is 10.4 Å². The summed E-state index contributed by atoms with van der Waals surface area (Å²) in [6, 6.07) is 7.09. The third-order valence-electron chi connectivity index (χ3n) is 4.18. The van der Waals surface area contributed by atoms with Crippen molar-refractivity contribution in [3.8, 4) is 0 Å². The highest BCUT2D eigenvalue weighted by molar-refractivity contribution is 7.89. The molecule has 2 N–H and O–H groups in total. The van der Waals surface area contributed by atoms with Crippen LogP contribution in [0, 0.1) is 5.92 Å². The number of nitrogens with zero attached hydrogens (tertiary/aromatic N) is 2. The third kappa shape index (κ3) is 4.81. The quantitative estimate of drug-likeness (QED) is 0.756. The van der Waals surface area contributed by atoms with Gasteiger partial charge in [0.25, 0.3) is 0 Å². The van der Waals surface area contributed by atoms with Crippen molar-refractivity contribution in [2.24, 2.45) is 5.92 Å². The first-order valence-corrected chi connectivity index (χ1v) is 9.70. The van der Waals surface area contributed by atoms with Crippen LogP contribution in [0.15, 0.2) is 24.3 Å². The van der Waals surface area contributed by atoms with Gasteiger partial charge >= 0.3 is 0 Å². The maximum atomic E-state index is 12.5. The number of anilines is 1. The molecule has 0 unspecified atom stereocenters. The van der Waals surface area contributed by atoms with Crippen molar-refractivity contribution in [3.63, 3.8) is 0 Å². The van der Waals surface area contributed by atoms with E-state index in [1.54, 1.807) is 0 Å². The number of hydrogen-bond acceptors (Lipinski definition) is 5. The van der Waals surface area contributed by atoms with Crippen molar-refractivity contribution in [2.45, 2.75) is 19.9 Å².